The first-order valence-electron chi connectivity index (χ1n) is 6.71. The lowest BCUT2D eigenvalue weighted by Crippen LogP contribution is -2.30. The molecule has 0 aliphatic carbocycles. The number of aryl methyl sites for hydroxylation is 1. The second-order valence-electron chi connectivity index (χ2n) is 5.16. The van der Waals surface area contributed by atoms with Crippen LogP contribution in [-0.4, -0.2) is 41.4 Å². The molecule has 0 spiro atoms. The van der Waals surface area contributed by atoms with Gasteiger partial charge in [0.05, 0.1) is 5.75 Å². The molecule has 1 aliphatic heterocycles. The molecule has 1 saturated heterocycles. The van der Waals surface area contributed by atoms with Gasteiger partial charge in [-0.15, -0.1) is 11.8 Å². The van der Waals surface area contributed by atoms with Gasteiger partial charge in [-0.05, 0) is 18.9 Å². The Morgan fingerprint density at radius 2 is 2.16 bits per heavy atom. The lowest BCUT2D eigenvalue weighted by molar-refractivity contribution is -0.127. The highest BCUT2D eigenvalue weighted by molar-refractivity contribution is 7.99. The van der Waals surface area contributed by atoms with E-state index in [1.807, 2.05) is 4.90 Å². The number of nitrogens with zero attached hydrogens (tertiary/aromatic N) is 1. The molecule has 1 atom stereocenters. The van der Waals surface area contributed by atoms with Crippen molar-refractivity contribution < 1.29 is 9.90 Å². The number of carbonyl (C=O) groups is 1. The highest BCUT2D eigenvalue weighted by atomic mass is 32.2. The third-order valence-electron chi connectivity index (χ3n) is 3.51. The first-order valence-corrected chi connectivity index (χ1v) is 7.86. The van der Waals surface area contributed by atoms with Gasteiger partial charge in [0.25, 0.3) is 0 Å². The Labute approximate surface area is 119 Å². The second-order valence-corrected chi connectivity index (χ2v) is 6.14. The van der Waals surface area contributed by atoms with Crippen molar-refractivity contribution in [1.82, 2.24) is 4.90 Å². The predicted molar refractivity (Wildman–Crippen MR) is 79.1 cm³/mol. The van der Waals surface area contributed by atoms with E-state index < -0.39 is 0 Å². The molecule has 3 nitrogen and oxygen atoms in total. The summed E-state index contributed by atoms with van der Waals surface area (Å²) in [5.74, 6) is 1.90. The topological polar surface area (TPSA) is 40.5 Å². The van der Waals surface area contributed by atoms with Crippen LogP contribution in [-0.2, 0) is 10.5 Å². The van der Waals surface area contributed by atoms with Crippen LogP contribution in [0.25, 0.3) is 0 Å². The Hall–Kier alpha value is -1.00. The lowest BCUT2D eigenvalue weighted by Gasteiger charge is -2.15. The molecule has 104 valence electrons. The molecule has 1 fully saturated rings. The number of rotatable bonds is 5. The van der Waals surface area contributed by atoms with Crippen molar-refractivity contribution in [3.63, 3.8) is 0 Å². The molecular formula is C15H21NO2S. The van der Waals surface area contributed by atoms with Crippen molar-refractivity contribution in [2.24, 2.45) is 5.92 Å². The number of benzene rings is 1. The molecule has 1 N–H and O–H groups in total. The van der Waals surface area contributed by atoms with Crippen molar-refractivity contribution >= 4 is 17.7 Å². The molecule has 4 heteroatoms. The van der Waals surface area contributed by atoms with Crippen LogP contribution in [0.2, 0.25) is 0 Å². The van der Waals surface area contributed by atoms with Crippen LogP contribution >= 0.6 is 11.8 Å². The third kappa shape index (κ3) is 4.25. The van der Waals surface area contributed by atoms with Crippen molar-refractivity contribution in [2.75, 3.05) is 25.4 Å². The minimum atomic E-state index is 0.195. The third-order valence-corrected chi connectivity index (χ3v) is 4.50. The maximum Gasteiger partial charge on any atom is 0.232 e. The van der Waals surface area contributed by atoms with Crippen molar-refractivity contribution in [3.05, 3.63) is 35.4 Å². The van der Waals surface area contributed by atoms with Crippen LogP contribution in [0.15, 0.2) is 24.3 Å². The number of aliphatic hydroxyl groups is 1. The molecule has 0 radical (unpaired) electrons. The molecule has 1 heterocycles. The zero-order valence-electron chi connectivity index (χ0n) is 11.3. The van der Waals surface area contributed by atoms with E-state index in [4.69, 9.17) is 5.11 Å². The molecule has 1 amide bonds. The molecule has 1 aliphatic rings. The number of hydrogen-bond donors (Lipinski definition) is 1. The van der Waals surface area contributed by atoms with Gasteiger partial charge in [0.15, 0.2) is 0 Å². The quantitative estimate of drug-likeness (QED) is 0.897. The number of thioether (sulfide) groups is 1. The minimum absolute atomic E-state index is 0.195. The van der Waals surface area contributed by atoms with Gasteiger partial charge in [0.2, 0.25) is 5.91 Å². The van der Waals surface area contributed by atoms with Crippen LogP contribution < -0.4 is 0 Å². The highest BCUT2D eigenvalue weighted by Gasteiger charge is 2.25. The SMILES string of the molecule is Cc1ccc(CSCC(=O)N2CCC(CO)C2)cc1. The summed E-state index contributed by atoms with van der Waals surface area (Å²) in [5.41, 5.74) is 2.52. The average molecular weight is 279 g/mol. The van der Waals surface area contributed by atoms with Gasteiger partial charge in [0, 0.05) is 31.4 Å². The zero-order chi connectivity index (χ0) is 13.7. The van der Waals surface area contributed by atoms with E-state index in [2.05, 4.69) is 31.2 Å². The van der Waals surface area contributed by atoms with Crippen molar-refractivity contribution in [1.29, 1.82) is 0 Å². The summed E-state index contributed by atoms with van der Waals surface area (Å²) in [4.78, 5) is 13.9. The Morgan fingerprint density at radius 3 is 2.79 bits per heavy atom. The Balaban J connectivity index is 1.71. The van der Waals surface area contributed by atoms with Crippen LogP contribution in [0.4, 0.5) is 0 Å². The summed E-state index contributed by atoms with van der Waals surface area (Å²) in [7, 11) is 0. The van der Waals surface area contributed by atoms with Crippen molar-refractivity contribution in [3.8, 4) is 0 Å². The van der Waals surface area contributed by atoms with E-state index in [1.165, 1.54) is 11.1 Å². The number of aliphatic hydroxyl groups excluding tert-OH is 1. The zero-order valence-corrected chi connectivity index (χ0v) is 12.2. The maximum absolute atomic E-state index is 12.0. The average Bonchev–Trinajstić information content (AvgIpc) is 2.90. The fourth-order valence-corrected chi connectivity index (χ4v) is 3.13. The smallest absolute Gasteiger partial charge is 0.232 e. The molecule has 0 saturated carbocycles. The first kappa shape index (κ1) is 14.4. The fourth-order valence-electron chi connectivity index (χ4n) is 2.24. The lowest BCUT2D eigenvalue weighted by atomic mass is 10.1. The summed E-state index contributed by atoms with van der Waals surface area (Å²) in [6.07, 6.45) is 0.935. The van der Waals surface area contributed by atoms with Gasteiger partial charge in [-0.1, -0.05) is 29.8 Å². The first-order chi connectivity index (χ1) is 9.19. The Kier molecular flexibility index (Phi) is 5.28. The minimum Gasteiger partial charge on any atom is -0.396 e. The number of likely N-dealkylation sites (tertiary alicyclic amines) is 1. The summed E-state index contributed by atoms with van der Waals surface area (Å²) in [5, 5.41) is 9.07. The highest BCUT2D eigenvalue weighted by Crippen LogP contribution is 2.18. The van der Waals surface area contributed by atoms with E-state index in [0.29, 0.717) is 5.75 Å². The van der Waals surface area contributed by atoms with E-state index in [-0.39, 0.29) is 18.4 Å². The number of carbonyl (C=O) groups excluding carboxylic acids is 1. The van der Waals surface area contributed by atoms with Crippen LogP contribution in [0.1, 0.15) is 17.5 Å². The molecule has 19 heavy (non-hydrogen) atoms. The normalized spacial score (nSPS) is 18.8. The molecule has 0 bridgehead atoms. The van der Waals surface area contributed by atoms with E-state index in [1.54, 1.807) is 11.8 Å². The van der Waals surface area contributed by atoms with Gasteiger partial charge >= 0.3 is 0 Å². The molecular weight excluding hydrogens is 258 g/mol. The summed E-state index contributed by atoms with van der Waals surface area (Å²) >= 11 is 1.66. The summed E-state index contributed by atoms with van der Waals surface area (Å²) < 4.78 is 0. The fraction of sp³-hybridized carbons (Fsp3) is 0.533. The predicted octanol–water partition coefficient (Wildman–Crippen LogP) is 2.07. The van der Waals surface area contributed by atoms with Crippen LogP contribution in [0, 0.1) is 12.8 Å². The van der Waals surface area contributed by atoms with E-state index in [9.17, 15) is 4.79 Å². The van der Waals surface area contributed by atoms with Crippen LogP contribution in [0.3, 0.4) is 0 Å². The molecule has 1 unspecified atom stereocenters. The van der Waals surface area contributed by atoms with Gasteiger partial charge in [-0.3, -0.25) is 4.79 Å². The van der Waals surface area contributed by atoms with E-state index >= 15 is 0 Å². The number of hydrogen-bond acceptors (Lipinski definition) is 3. The monoisotopic (exact) mass is 279 g/mol. The largest absolute Gasteiger partial charge is 0.396 e. The molecule has 1 aromatic carbocycles. The molecule has 0 aromatic heterocycles. The van der Waals surface area contributed by atoms with Gasteiger partial charge in [-0.2, -0.15) is 0 Å². The van der Waals surface area contributed by atoms with Crippen molar-refractivity contribution in [2.45, 2.75) is 19.1 Å². The summed E-state index contributed by atoms with van der Waals surface area (Å²) in [6.45, 7) is 3.79. The molecule has 1 aromatic rings. The molecule has 2 rings (SSSR count). The maximum atomic E-state index is 12.0. The second kappa shape index (κ2) is 6.96. The Bertz CT molecular complexity index is 419. The van der Waals surface area contributed by atoms with Gasteiger partial charge in [-0.25, -0.2) is 0 Å². The van der Waals surface area contributed by atoms with Crippen LogP contribution in [0.5, 0.6) is 0 Å². The van der Waals surface area contributed by atoms with Gasteiger partial charge < -0.3 is 10.0 Å². The standard InChI is InChI=1S/C15H21NO2S/c1-12-2-4-13(5-3-12)10-19-11-15(18)16-7-6-14(8-16)9-17/h2-5,14,17H,6-11H2,1H3. The Morgan fingerprint density at radius 1 is 1.42 bits per heavy atom. The van der Waals surface area contributed by atoms with Gasteiger partial charge in [0.1, 0.15) is 0 Å². The number of amides is 1. The van der Waals surface area contributed by atoms with E-state index in [0.717, 1.165) is 25.3 Å². The summed E-state index contributed by atoms with van der Waals surface area (Å²) in [6, 6.07) is 8.43.